The average Bonchev–Trinajstić information content (AvgIpc) is 3.56. The van der Waals surface area contributed by atoms with Crippen LogP contribution in [-0.2, 0) is 27.3 Å². The van der Waals surface area contributed by atoms with Gasteiger partial charge >= 0.3 is 0 Å². The average molecular weight is 428 g/mol. The van der Waals surface area contributed by atoms with Gasteiger partial charge in [-0.3, -0.25) is 14.6 Å². The number of hydrogen-bond donors (Lipinski definition) is 2. The highest BCUT2D eigenvalue weighted by atomic mass is 16.5. The van der Waals surface area contributed by atoms with Crippen LogP contribution in [0.5, 0.6) is 0 Å². The van der Waals surface area contributed by atoms with Crippen LogP contribution in [-0.4, -0.2) is 51.5 Å². The van der Waals surface area contributed by atoms with Crippen LogP contribution in [0.3, 0.4) is 0 Å². The lowest BCUT2D eigenvalue weighted by Crippen LogP contribution is -2.44. The molecule has 2 fully saturated rings. The first-order valence-corrected chi connectivity index (χ1v) is 11.0. The molecule has 2 bridgehead atoms. The summed E-state index contributed by atoms with van der Waals surface area (Å²) >= 11 is 0. The standard InChI is InChI=1S/C25H24N4O3/c30-23(28-14-17-5-3-4-11-26-17)21-20-8-10-25(32-20)15-29(24(31)22(21)25)12-9-16-13-27-19-7-2-1-6-18(16)19/h1-8,10-11,13,20-22,27H,9,12,14-15H2,(H,28,30)/t20-,21?,22?,25?/m1/s1. The number of nitrogens with one attached hydrogen (secondary N) is 2. The van der Waals surface area contributed by atoms with Gasteiger partial charge in [0, 0.05) is 29.8 Å². The third-order valence-electron chi connectivity index (χ3n) is 6.98. The van der Waals surface area contributed by atoms with E-state index in [0.717, 1.165) is 17.6 Å². The molecule has 0 radical (unpaired) electrons. The van der Waals surface area contributed by atoms with Crippen molar-refractivity contribution in [3.8, 4) is 0 Å². The molecule has 32 heavy (non-hydrogen) atoms. The maximum atomic E-state index is 13.4. The van der Waals surface area contributed by atoms with E-state index in [1.807, 2.05) is 53.6 Å². The first-order chi connectivity index (χ1) is 15.6. The molecule has 3 aromatic rings. The molecule has 3 aliphatic heterocycles. The third kappa shape index (κ3) is 2.96. The normalized spacial score (nSPS) is 27.9. The van der Waals surface area contributed by atoms with E-state index in [-0.39, 0.29) is 17.9 Å². The molecule has 7 heteroatoms. The molecule has 6 rings (SSSR count). The summed E-state index contributed by atoms with van der Waals surface area (Å²) in [5, 5.41) is 4.14. The van der Waals surface area contributed by atoms with E-state index < -0.39 is 17.4 Å². The fourth-order valence-electron chi connectivity index (χ4n) is 5.46. The van der Waals surface area contributed by atoms with Crippen LogP contribution in [0.1, 0.15) is 11.3 Å². The van der Waals surface area contributed by atoms with Crippen LogP contribution in [0, 0.1) is 11.8 Å². The number of benzene rings is 1. The summed E-state index contributed by atoms with van der Waals surface area (Å²) in [4.78, 5) is 35.9. The summed E-state index contributed by atoms with van der Waals surface area (Å²) in [5.41, 5.74) is 2.39. The van der Waals surface area contributed by atoms with Crippen molar-refractivity contribution in [2.75, 3.05) is 13.1 Å². The number of para-hydroxylation sites is 1. The highest BCUT2D eigenvalue weighted by Crippen LogP contribution is 2.51. The van der Waals surface area contributed by atoms with E-state index in [4.69, 9.17) is 4.74 Å². The zero-order valence-electron chi connectivity index (χ0n) is 17.5. The van der Waals surface area contributed by atoms with Gasteiger partial charge in [-0.05, 0) is 30.2 Å². The summed E-state index contributed by atoms with van der Waals surface area (Å²) in [7, 11) is 0. The van der Waals surface area contributed by atoms with Gasteiger partial charge in [0.25, 0.3) is 0 Å². The predicted molar refractivity (Wildman–Crippen MR) is 118 cm³/mol. The molecule has 1 aromatic carbocycles. The van der Waals surface area contributed by atoms with Gasteiger partial charge in [0.2, 0.25) is 11.8 Å². The molecule has 4 atom stereocenters. The van der Waals surface area contributed by atoms with Crippen molar-refractivity contribution >= 4 is 22.7 Å². The molecule has 2 N–H and O–H groups in total. The molecule has 0 aliphatic carbocycles. The van der Waals surface area contributed by atoms with Crippen molar-refractivity contribution in [3.05, 3.63) is 78.3 Å². The largest absolute Gasteiger partial charge is 0.361 e. The maximum absolute atomic E-state index is 13.4. The molecule has 2 aromatic heterocycles. The molecule has 7 nitrogen and oxygen atoms in total. The number of aromatic nitrogens is 2. The summed E-state index contributed by atoms with van der Waals surface area (Å²) in [5.74, 6) is -1.11. The zero-order valence-corrected chi connectivity index (χ0v) is 17.5. The van der Waals surface area contributed by atoms with Crippen LogP contribution in [0.25, 0.3) is 10.9 Å². The van der Waals surface area contributed by atoms with Crippen LogP contribution in [0.15, 0.2) is 67.0 Å². The van der Waals surface area contributed by atoms with E-state index in [9.17, 15) is 9.59 Å². The summed E-state index contributed by atoms with van der Waals surface area (Å²) in [6.45, 7) is 1.43. The Morgan fingerprint density at radius 1 is 1.25 bits per heavy atom. The minimum atomic E-state index is -0.686. The Hall–Kier alpha value is -3.45. The number of carbonyl (C=O) groups excluding carboxylic acids is 2. The number of H-pyrrole nitrogens is 1. The van der Waals surface area contributed by atoms with E-state index in [2.05, 4.69) is 27.4 Å². The molecule has 2 amide bonds. The van der Waals surface area contributed by atoms with Crippen molar-refractivity contribution in [2.45, 2.75) is 24.7 Å². The van der Waals surface area contributed by atoms with Crippen LogP contribution < -0.4 is 5.32 Å². The lowest BCUT2D eigenvalue weighted by molar-refractivity contribution is -0.137. The van der Waals surface area contributed by atoms with Crippen molar-refractivity contribution in [2.24, 2.45) is 11.8 Å². The van der Waals surface area contributed by atoms with Crippen molar-refractivity contribution in [1.29, 1.82) is 0 Å². The molecule has 3 aliphatic rings. The van der Waals surface area contributed by atoms with Crippen molar-refractivity contribution in [1.82, 2.24) is 20.2 Å². The monoisotopic (exact) mass is 428 g/mol. The first kappa shape index (κ1) is 19.3. The highest BCUT2D eigenvalue weighted by molar-refractivity contribution is 5.93. The van der Waals surface area contributed by atoms with E-state index >= 15 is 0 Å². The Labute approximate surface area is 185 Å². The second-order valence-corrected chi connectivity index (χ2v) is 8.81. The minimum absolute atomic E-state index is 0.00896. The molecule has 2 saturated heterocycles. The number of amides is 2. The van der Waals surface area contributed by atoms with E-state index in [1.165, 1.54) is 10.9 Å². The fourth-order valence-corrected chi connectivity index (χ4v) is 5.46. The second kappa shape index (κ2) is 7.31. The maximum Gasteiger partial charge on any atom is 0.230 e. The Kier molecular flexibility index (Phi) is 4.40. The second-order valence-electron chi connectivity index (χ2n) is 8.81. The molecule has 162 valence electrons. The smallest absolute Gasteiger partial charge is 0.230 e. The molecule has 1 spiro atoms. The molecule has 5 heterocycles. The molecular weight excluding hydrogens is 404 g/mol. The Bertz CT molecular complexity index is 1220. The number of aromatic amines is 1. The van der Waals surface area contributed by atoms with Gasteiger partial charge in [0.1, 0.15) is 5.60 Å². The molecular formula is C25H24N4O3. The number of nitrogens with zero attached hydrogens (tertiary/aromatic N) is 2. The summed E-state index contributed by atoms with van der Waals surface area (Å²) in [6, 6.07) is 13.8. The lowest BCUT2D eigenvalue weighted by atomic mass is 9.77. The Morgan fingerprint density at radius 3 is 3.00 bits per heavy atom. The van der Waals surface area contributed by atoms with Gasteiger partial charge < -0.3 is 19.9 Å². The van der Waals surface area contributed by atoms with Gasteiger partial charge in [-0.1, -0.05) is 36.4 Å². The molecule has 0 saturated carbocycles. The van der Waals surface area contributed by atoms with Gasteiger partial charge in [-0.25, -0.2) is 0 Å². The molecule has 3 unspecified atom stereocenters. The lowest BCUT2D eigenvalue weighted by Gasteiger charge is -2.23. The topological polar surface area (TPSA) is 87.3 Å². The quantitative estimate of drug-likeness (QED) is 0.590. The number of carbonyl (C=O) groups is 2. The van der Waals surface area contributed by atoms with Crippen molar-refractivity contribution < 1.29 is 14.3 Å². The minimum Gasteiger partial charge on any atom is -0.361 e. The van der Waals surface area contributed by atoms with Crippen LogP contribution >= 0.6 is 0 Å². The first-order valence-electron chi connectivity index (χ1n) is 11.0. The van der Waals surface area contributed by atoms with Crippen molar-refractivity contribution in [3.63, 3.8) is 0 Å². The zero-order chi connectivity index (χ0) is 21.7. The van der Waals surface area contributed by atoms with Gasteiger partial charge in [0.15, 0.2) is 0 Å². The van der Waals surface area contributed by atoms with Gasteiger partial charge in [-0.2, -0.15) is 0 Å². The summed E-state index contributed by atoms with van der Waals surface area (Å²) < 4.78 is 6.22. The van der Waals surface area contributed by atoms with Gasteiger partial charge in [-0.15, -0.1) is 0 Å². The highest BCUT2D eigenvalue weighted by Gasteiger charge is 2.66. The van der Waals surface area contributed by atoms with E-state index in [1.54, 1.807) is 6.20 Å². The van der Waals surface area contributed by atoms with Crippen LogP contribution in [0.2, 0.25) is 0 Å². The number of hydrogen-bond acceptors (Lipinski definition) is 4. The SMILES string of the molecule is O=C(NCc1ccccn1)C1C2C(=O)N(CCc3c[nH]c4ccccc34)CC23C=C[C@H]1O3. The Morgan fingerprint density at radius 2 is 2.12 bits per heavy atom. The number of likely N-dealkylation sites (tertiary alicyclic amines) is 1. The predicted octanol–water partition coefficient (Wildman–Crippen LogP) is 2.20. The van der Waals surface area contributed by atoms with E-state index in [0.29, 0.717) is 19.6 Å². The summed E-state index contributed by atoms with van der Waals surface area (Å²) in [6.07, 6.45) is 8.06. The number of fused-ring (bicyclic) bond motifs is 2. The van der Waals surface area contributed by atoms with Gasteiger partial charge in [0.05, 0.1) is 36.7 Å². The van der Waals surface area contributed by atoms with Crippen LogP contribution in [0.4, 0.5) is 0 Å². The number of pyridine rings is 1. The number of rotatable bonds is 6. The number of ether oxygens (including phenoxy) is 1. The third-order valence-corrected chi connectivity index (χ3v) is 6.98. The Balaban J connectivity index is 1.17. The fraction of sp³-hybridized carbons (Fsp3) is 0.320.